The average Bonchev–Trinajstić information content (AvgIpc) is 2.42. The van der Waals surface area contributed by atoms with E-state index in [0.29, 0.717) is 12.6 Å². The first kappa shape index (κ1) is 18.4. The van der Waals surface area contributed by atoms with Gasteiger partial charge < -0.3 is 15.0 Å². The summed E-state index contributed by atoms with van der Waals surface area (Å²) in [5, 5.41) is 3.05. The van der Waals surface area contributed by atoms with Crippen molar-refractivity contribution in [1.82, 2.24) is 10.2 Å². The third-order valence-corrected chi connectivity index (χ3v) is 3.64. The highest BCUT2D eigenvalue weighted by atomic mass is 16.5. The van der Waals surface area contributed by atoms with Crippen molar-refractivity contribution in [3.05, 3.63) is 0 Å². The van der Waals surface area contributed by atoms with E-state index in [1.807, 2.05) is 14.0 Å². The molecule has 0 spiro atoms. The van der Waals surface area contributed by atoms with E-state index in [1.165, 1.54) is 12.8 Å². The number of nitrogens with one attached hydrogen (secondary N) is 1. The molecule has 1 N–H and O–H groups in total. The number of nitrogens with zero attached hydrogens (tertiary/aromatic N) is 1. The van der Waals surface area contributed by atoms with Gasteiger partial charge in [0.05, 0.1) is 6.61 Å². The van der Waals surface area contributed by atoms with Crippen molar-refractivity contribution in [3.63, 3.8) is 0 Å². The van der Waals surface area contributed by atoms with Crippen LogP contribution in [0.3, 0.4) is 0 Å². The highest BCUT2D eigenvalue weighted by molar-refractivity contribution is 5.75. The van der Waals surface area contributed by atoms with Gasteiger partial charge in [0, 0.05) is 12.6 Å². The Balaban J connectivity index is 4.29. The molecule has 0 aromatic rings. The summed E-state index contributed by atoms with van der Waals surface area (Å²) in [6.45, 7) is 11.0. The molecular weight excluding hydrogens is 240 g/mol. The largest absolute Gasteiger partial charge is 0.465 e. The maximum Gasteiger partial charge on any atom is 0.323 e. The van der Waals surface area contributed by atoms with Gasteiger partial charge in [0.25, 0.3) is 0 Å². The molecule has 0 radical (unpaired) electrons. The molecule has 0 bridgehead atoms. The number of hydrogen-bond donors (Lipinski definition) is 1. The molecule has 0 amide bonds. The normalized spacial score (nSPS) is 14.4. The van der Waals surface area contributed by atoms with Gasteiger partial charge in [0.15, 0.2) is 0 Å². The minimum absolute atomic E-state index is 0.135. The summed E-state index contributed by atoms with van der Waals surface area (Å²) in [5.74, 6) is -0.135. The van der Waals surface area contributed by atoms with Gasteiger partial charge in [-0.2, -0.15) is 0 Å². The van der Waals surface area contributed by atoms with Crippen LogP contribution in [-0.2, 0) is 9.53 Å². The third-order valence-electron chi connectivity index (χ3n) is 3.64. The first-order chi connectivity index (χ1) is 9.10. The lowest BCUT2D eigenvalue weighted by atomic mass is 10.1. The van der Waals surface area contributed by atoms with E-state index in [4.69, 9.17) is 4.74 Å². The number of esters is 1. The highest BCUT2D eigenvalue weighted by Crippen LogP contribution is 2.08. The van der Waals surface area contributed by atoms with Gasteiger partial charge >= 0.3 is 5.97 Å². The SMILES string of the molecule is CCCCN(CCC(NC)C(=O)OCC)C(C)CC. The topological polar surface area (TPSA) is 41.6 Å². The summed E-state index contributed by atoms with van der Waals surface area (Å²) >= 11 is 0. The van der Waals surface area contributed by atoms with Crippen LogP contribution in [0.1, 0.15) is 53.4 Å². The molecule has 2 unspecified atom stereocenters. The quantitative estimate of drug-likeness (QED) is 0.587. The Morgan fingerprint density at radius 2 is 1.95 bits per heavy atom. The van der Waals surface area contributed by atoms with E-state index in [0.717, 1.165) is 25.9 Å². The van der Waals surface area contributed by atoms with Crippen LogP contribution in [0, 0.1) is 0 Å². The van der Waals surface area contributed by atoms with Crippen molar-refractivity contribution in [2.45, 2.75) is 65.5 Å². The molecule has 0 aromatic carbocycles. The van der Waals surface area contributed by atoms with Crippen LogP contribution >= 0.6 is 0 Å². The minimum Gasteiger partial charge on any atom is -0.465 e. The maximum atomic E-state index is 11.7. The summed E-state index contributed by atoms with van der Waals surface area (Å²) in [4.78, 5) is 14.2. The zero-order valence-electron chi connectivity index (χ0n) is 13.4. The van der Waals surface area contributed by atoms with Crippen LogP contribution < -0.4 is 5.32 Å². The zero-order valence-corrected chi connectivity index (χ0v) is 13.4. The molecule has 0 aliphatic heterocycles. The molecular formula is C15H32N2O2. The van der Waals surface area contributed by atoms with Gasteiger partial charge in [-0.25, -0.2) is 0 Å². The number of carbonyl (C=O) groups is 1. The van der Waals surface area contributed by atoms with Gasteiger partial charge in [0.2, 0.25) is 0 Å². The number of rotatable bonds is 11. The molecule has 0 fully saturated rings. The molecule has 0 aromatic heterocycles. The predicted octanol–water partition coefficient (Wildman–Crippen LogP) is 2.43. The lowest BCUT2D eigenvalue weighted by molar-refractivity contribution is -0.145. The smallest absolute Gasteiger partial charge is 0.323 e. The third kappa shape index (κ3) is 7.53. The van der Waals surface area contributed by atoms with Crippen LogP contribution in [-0.4, -0.2) is 49.7 Å². The van der Waals surface area contributed by atoms with Gasteiger partial charge in [-0.3, -0.25) is 4.79 Å². The Bertz CT molecular complexity index is 234. The molecule has 0 rings (SSSR count). The summed E-state index contributed by atoms with van der Waals surface area (Å²) in [6, 6.07) is 0.388. The van der Waals surface area contributed by atoms with E-state index < -0.39 is 0 Å². The lowest BCUT2D eigenvalue weighted by Crippen LogP contribution is -2.41. The highest BCUT2D eigenvalue weighted by Gasteiger charge is 2.20. The van der Waals surface area contributed by atoms with Crippen molar-refractivity contribution in [1.29, 1.82) is 0 Å². The predicted molar refractivity (Wildman–Crippen MR) is 80.3 cm³/mol. The van der Waals surface area contributed by atoms with Gasteiger partial charge in [-0.15, -0.1) is 0 Å². The van der Waals surface area contributed by atoms with Crippen molar-refractivity contribution in [2.24, 2.45) is 0 Å². The van der Waals surface area contributed by atoms with Crippen LogP contribution in [0.2, 0.25) is 0 Å². The van der Waals surface area contributed by atoms with Crippen LogP contribution in [0.25, 0.3) is 0 Å². The number of carbonyl (C=O) groups excluding carboxylic acids is 1. The average molecular weight is 272 g/mol. The standard InChI is InChI=1S/C15H32N2O2/c1-6-9-11-17(13(4)7-2)12-10-14(16-5)15(18)19-8-3/h13-14,16H,6-12H2,1-5H3. The zero-order chi connectivity index (χ0) is 14.7. The molecule has 0 heterocycles. The van der Waals surface area contributed by atoms with Crippen LogP contribution in [0.4, 0.5) is 0 Å². The number of unbranched alkanes of at least 4 members (excludes halogenated alkanes) is 1. The number of likely N-dealkylation sites (N-methyl/N-ethyl adjacent to an activating group) is 1. The molecule has 0 aliphatic carbocycles. The van der Waals surface area contributed by atoms with Gasteiger partial charge in [0.1, 0.15) is 6.04 Å². The van der Waals surface area contributed by atoms with Crippen molar-refractivity contribution in [3.8, 4) is 0 Å². The van der Waals surface area contributed by atoms with Gasteiger partial charge in [-0.05, 0) is 46.7 Å². The second kappa shape index (κ2) is 11.2. The Hall–Kier alpha value is -0.610. The molecule has 0 aliphatic rings. The molecule has 4 heteroatoms. The lowest BCUT2D eigenvalue weighted by Gasteiger charge is -2.29. The van der Waals surface area contributed by atoms with Crippen LogP contribution in [0.5, 0.6) is 0 Å². The van der Waals surface area contributed by atoms with Crippen molar-refractivity contribution in [2.75, 3.05) is 26.7 Å². The number of hydrogen-bond acceptors (Lipinski definition) is 4. The Morgan fingerprint density at radius 3 is 2.42 bits per heavy atom. The fourth-order valence-electron chi connectivity index (χ4n) is 2.09. The van der Waals surface area contributed by atoms with Crippen molar-refractivity contribution < 1.29 is 9.53 Å². The van der Waals surface area contributed by atoms with Gasteiger partial charge in [-0.1, -0.05) is 20.3 Å². The fraction of sp³-hybridized carbons (Fsp3) is 0.933. The first-order valence-corrected chi connectivity index (χ1v) is 7.68. The first-order valence-electron chi connectivity index (χ1n) is 7.68. The minimum atomic E-state index is -0.187. The molecule has 0 saturated heterocycles. The van der Waals surface area contributed by atoms with E-state index in [2.05, 4.69) is 31.0 Å². The number of ether oxygens (including phenoxy) is 1. The Kier molecular flexibility index (Phi) is 10.9. The molecule has 4 nitrogen and oxygen atoms in total. The van der Waals surface area contributed by atoms with Crippen molar-refractivity contribution >= 4 is 5.97 Å². The monoisotopic (exact) mass is 272 g/mol. The summed E-state index contributed by atoms with van der Waals surface area (Å²) in [7, 11) is 1.82. The Labute approximate surface area is 118 Å². The molecule has 2 atom stereocenters. The van der Waals surface area contributed by atoms with Crippen LogP contribution in [0.15, 0.2) is 0 Å². The second-order valence-electron chi connectivity index (χ2n) is 5.03. The van der Waals surface area contributed by atoms with E-state index in [1.54, 1.807) is 0 Å². The van der Waals surface area contributed by atoms with E-state index in [9.17, 15) is 4.79 Å². The molecule has 0 saturated carbocycles. The van der Waals surface area contributed by atoms with E-state index in [-0.39, 0.29) is 12.0 Å². The summed E-state index contributed by atoms with van der Waals surface area (Å²) < 4.78 is 5.08. The fourth-order valence-corrected chi connectivity index (χ4v) is 2.09. The second-order valence-corrected chi connectivity index (χ2v) is 5.03. The Morgan fingerprint density at radius 1 is 1.26 bits per heavy atom. The van der Waals surface area contributed by atoms with E-state index >= 15 is 0 Å². The molecule has 19 heavy (non-hydrogen) atoms. The maximum absolute atomic E-state index is 11.7. The summed E-state index contributed by atoms with van der Waals surface area (Å²) in [5.41, 5.74) is 0. The molecule has 114 valence electrons. The summed E-state index contributed by atoms with van der Waals surface area (Å²) in [6.07, 6.45) is 4.38.